The van der Waals surface area contributed by atoms with Crippen molar-refractivity contribution in [1.82, 2.24) is 0 Å². The van der Waals surface area contributed by atoms with E-state index in [4.69, 9.17) is 4.42 Å². The summed E-state index contributed by atoms with van der Waals surface area (Å²) in [4.78, 5) is 0. The van der Waals surface area contributed by atoms with Crippen LogP contribution in [-0.2, 0) is 0 Å². The molecule has 0 bridgehead atoms. The standard InChI is InChI=1S/C15H12O/c1-11-7-5-6-9-13-12-8-3-2-4-10-14(12)16-15(11)13/h2-4,6-7,9-10H,5H2,1H3. The van der Waals surface area contributed by atoms with Crippen molar-refractivity contribution >= 4 is 23.5 Å². The van der Waals surface area contributed by atoms with Crippen molar-refractivity contribution in [3.8, 4) is 0 Å². The Morgan fingerprint density at radius 3 is 3.19 bits per heavy atom. The third-order valence-corrected chi connectivity index (χ3v) is 2.86. The van der Waals surface area contributed by atoms with Crippen molar-refractivity contribution in [1.29, 1.82) is 0 Å². The lowest BCUT2D eigenvalue weighted by Crippen LogP contribution is -2.19. The van der Waals surface area contributed by atoms with E-state index in [1.165, 1.54) is 5.57 Å². The van der Waals surface area contributed by atoms with Gasteiger partial charge in [-0.25, -0.2) is 0 Å². The molecule has 1 aromatic heterocycles. The Morgan fingerprint density at radius 1 is 1.31 bits per heavy atom. The van der Waals surface area contributed by atoms with Crippen LogP contribution >= 0.6 is 0 Å². The molecule has 2 aliphatic rings. The zero-order valence-electron chi connectivity index (χ0n) is 9.16. The van der Waals surface area contributed by atoms with Crippen molar-refractivity contribution in [2.75, 3.05) is 0 Å². The Morgan fingerprint density at radius 2 is 2.25 bits per heavy atom. The van der Waals surface area contributed by atoms with E-state index in [0.717, 1.165) is 28.4 Å². The molecule has 78 valence electrons. The maximum Gasteiger partial charge on any atom is 0.143 e. The predicted molar refractivity (Wildman–Crippen MR) is 66.8 cm³/mol. The lowest BCUT2D eigenvalue weighted by molar-refractivity contribution is 0.518. The summed E-state index contributed by atoms with van der Waals surface area (Å²) in [6, 6.07) is 0. The molecule has 3 rings (SSSR count). The largest absolute Gasteiger partial charge is 0.455 e. The zero-order valence-corrected chi connectivity index (χ0v) is 9.16. The Kier molecular flexibility index (Phi) is 2.05. The van der Waals surface area contributed by atoms with E-state index >= 15 is 0 Å². The van der Waals surface area contributed by atoms with Crippen molar-refractivity contribution < 1.29 is 4.42 Å². The molecule has 2 aliphatic carbocycles. The van der Waals surface area contributed by atoms with Crippen LogP contribution in [0.1, 0.15) is 24.7 Å². The smallest absolute Gasteiger partial charge is 0.143 e. The van der Waals surface area contributed by atoms with Gasteiger partial charge in [0.25, 0.3) is 0 Å². The molecule has 0 aliphatic heterocycles. The first-order chi connectivity index (χ1) is 7.86. The van der Waals surface area contributed by atoms with Gasteiger partial charge in [0.1, 0.15) is 11.2 Å². The summed E-state index contributed by atoms with van der Waals surface area (Å²) in [6.07, 6.45) is 15.3. The predicted octanol–water partition coefficient (Wildman–Crippen LogP) is 2.39. The van der Waals surface area contributed by atoms with Crippen molar-refractivity contribution in [3.05, 3.63) is 52.3 Å². The van der Waals surface area contributed by atoms with Crippen LogP contribution in [-0.4, -0.2) is 0 Å². The SMILES string of the molecule is CC1=CCC=Cc2c1oc1c2=C=CC=CC=1. The van der Waals surface area contributed by atoms with Gasteiger partial charge < -0.3 is 4.42 Å². The molecular weight excluding hydrogens is 196 g/mol. The van der Waals surface area contributed by atoms with Crippen LogP contribution in [0.5, 0.6) is 0 Å². The van der Waals surface area contributed by atoms with E-state index in [1.54, 1.807) is 0 Å². The molecule has 0 saturated carbocycles. The Hall–Kier alpha value is -1.98. The van der Waals surface area contributed by atoms with Crippen LogP contribution in [0.3, 0.4) is 0 Å². The number of furan rings is 1. The van der Waals surface area contributed by atoms with E-state index in [-0.39, 0.29) is 0 Å². The van der Waals surface area contributed by atoms with Gasteiger partial charge >= 0.3 is 0 Å². The molecule has 0 atom stereocenters. The molecular formula is C15H12O. The minimum Gasteiger partial charge on any atom is -0.455 e. The van der Waals surface area contributed by atoms with Gasteiger partial charge in [-0.3, -0.25) is 0 Å². The van der Waals surface area contributed by atoms with Crippen molar-refractivity contribution in [2.24, 2.45) is 0 Å². The third kappa shape index (κ3) is 1.34. The fourth-order valence-corrected chi connectivity index (χ4v) is 2.03. The second-order valence-corrected chi connectivity index (χ2v) is 3.97. The lowest BCUT2D eigenvalue weighted by Gasteiger charge is -1.94. The highest BCUT2D eigenvalue weighted by Crippen LogP contribution is 2.20. The van der Waals surface area contributed by atoms with Gasteiger partial charge in [-0.2, -0.15) is 0 Å². The summed E-state index contributed by atoms with van der Waals surface area (Å²) in [7, 11) is 0. The van der Waals surface area contributed by atoms with Crippen LogP contribution in [0.15, 0.2) is 34.8 Å². The summed E-state index contributed by atoms with van der Waals surface area (Å²) in [5.41, 5.74) is 6.52. The molecule has 0 amide bonds. The molecule has 1 heterocycles. The first-order valence-electron chi connectivity index (χ1n) is 5.46. The number of hydrogen-bond donors (Lipinski definition) is 0. The highest BCUT2D eigenvalue weighted by molar-refractivity contribution is 5.72. The maximum absolute atomic E-state index is 5.89. The summed E-state index contributed by atoms with van der Waals surface area (Å²) >= 11 is 0. The van der Waals surface area contributed by atoms with Gasteiger partial charge in [-0.05, 0) is 31.1 Å². The van der Waals surface area contributed by atoms with Gasteiger partial charge in [0.2, 0.25) is 0 Å². The topological polar surface area (TPSA) is 13.1 Å². The fraction of sp³-hybridized carbons (Fsp3) is 0.133. The Balaban J connectivity index is 2.47. The zero-order chi connectivity index (χ0) is 11.0. The van der Waals surface area contributed by atoms with Gasteiger partial charge in [0, 0.05) is 5.56 Å². The van der Waals surface area contributed by atoms with Gasteiger partial charge in [0.05, 0.1) is 5.22 Å². The molecule has 1 heteroatoms. The first kappa shape index (κ1) is 9.26. The van der Waals surface area contributed by atoms with E-state index in [0.29, 0.717) is 0 Å². The van der Waals surface area contributed by atoms with E-state index in [2.05, 4.69) is 30.9 Å². The van der Waals surface area contributed by atoms with Crippen LogP contribution in [0.25, 0.3) is 23.5 Å². The highest BCUT2D eigenvalue weighted by Gasteiger charge is 2.12. The second kappa shape index (κ2) is 3.55. The molecule has 0 spiro atoms. The molecule has 0 aromatic carbocycles. The van der Waals surface area contributed by atoms with Crippen molar-refractivity contribution in [2.45, 2.75) is 13.3 Å². The summed E-state index contributed by atoms with van der Waals surface area (Å²) < 4.78 is 5.89. The molecule has 0 N–H and O–H groups in total. The van der Waals surface area contributed by atoms with Crippen molar-refractivity contribution in [3.63, 3.8) is 0 Å². The molecule has 1 aromatic rings. The second-order valence-electron chi connectivity index (χ2n) is 3.97. The lowest BCUT2D eigenvalue weighted by atomic mass is 10.1. The van der Waals surface area contributed by atoms with E-state index < -0.39 is 0 Å². The summed E-state index contributed by atoms with van der Waals surface area (Å²) in [5.74, 6) is 0.978. The number of hydrogen-bond acceptors (Lipinski definition) is 1. The first-order valence-corrected chi connectivity index (χ1v) is 5.46. The van der Waals surface area contributed by atoms with Gasteiger partial charge in [0.15, 0.2) is 0 Å². The van der Waals surface area contributed by atoms with Crippen LogP contribution in [0, 0.1) is 0 Å². The quantitative estimate of drug-likeness (QED) is 0.638. The minimum atomic E-state index is 0.898. The fourth-order valence-electron chi connectivity index (χ4n) is 2.03. The van der Waals surface area contributed by atoms with E-state index in [1.807, 2.05) is 24.3 Å². The molecule has 0 fully saturated rings. The number of allylic oxidation sites excluding steroid dienone is 6. The normalized spacial score (nSPS) is 16.4. The molecule has 0 saturated heterocycles. The Bertz CT molecular complexity index is 672. The van der Waals surface area contributed by atoms with Gasteiger partial charge in [-0.15, -0.1) is 5.73 Å². The molecule has 16 heavy (non-hydrogen) atoms. The molecule has 0 radical (unpaired) electrons. The monoisotopic (exact) mass is 208 g/mol. The highest BCUT2D eigenvalue weighted by atomic mass is 16.3. The molecule has 0 unspecified atom stereocenters. The summed E-state index contributed by atoms with van der Waals surface area (Å²) in [6.45, 7) is 2.09. The average Bonchev–Trinajstić information content (AvgIpc) is 2.47. The maximum atomic E-state index is 5.89. The minimum absolute atomic E-state index is 0.898. The van der Waals surface area contributed by atoms with E-state index in [9.17, 15) is 0 Å². The van der Waals surface area contributed by atoms with Gasteiger partial charge in [-0.1, -0.05) is 30.4 Å². The van der Waals surface area contributed by atoms with Crippen LogP contribution < -0.4 is 10.6 Å². The van der Waals surface area contributed by atoms with Crippen LogP contribution in [0.4, 0.5) is 0 Å². The number of rotatable bonds is 0. The summed E-state index contributed by atoms with van der Waals surface area (Å²) in [5, 5.41) is 1.06. The molecule has 1 nitrogen and oxygen atoms in total. The third-order valence-electron chi connectivity index (χ3n) is 2.86. The Labute approximate surface area is 94.1 Å². The van der Waals surface area contributed by atoms with Crippen LogP contribution in [0.2, 0.25) is 0 Å². The average molecular weight is 208 g/mol. The number of fused-ring (bicyclic) bond motifs is 3.